The maximum atomic E-state index is 8.78. The molecule has 102 valence electrons. The number of rotatable bonds is 7. The Hall–Kier alpha value is 0.137. The minimum atomic E-state index is -1.53. The van der Waals surface area contributed by atoms with Crippen molar-refractivity contribution < 1.29 is 9.53 Å². The van der Waals surface area contributed by atoms with Gasteiger partial charge in [-0.2, -0.15) is 0 Å². The zero-order valence-electron chi connectivity index (χ0n) is 12.3. The zero-order valence-corrected chi connectivity index (χ0v) is 13.3. The highest BCUT2D eigenvalue weighted by molar-refractivity contribution is 6.74. The molecule has 1 aliphatic rings. The maximum absolute atomic E-state index is 8.78. The molecule has 3 heteroatoms. The molecule has 0 heterocycles. The van der Waals surface area contributed by atoms with Gasteiger partial charge in [-0.3, -0.25) is 0 Å². The van der Waals surface area contributed by atoms with Crippen LogP contribution in [0.4, 0.5) is 0 Å². The van der Waals surface area contributed by atoms with Gasteiger partial charge >= 0.3 is 0 Å². The van der Waals surface area contributed by atoms with E-state index in [1.165, 1.54) is 19.3 Å². The van der Waals surface area contributed by atoms with Gasteiger partial charge in [-0.05, 0) is 55.7 Å². The largest absolute Gasteiger partial charge is 0.417 e. The predicted octanol–water partition coefficient (Wildman–Crippen LogP) is 3.81. The fraction of sp³-hybridized carbons (Fsp3) is 1.00. The van der Waals surface area contributed by atoms with E-state index in [2.05, 4.69) is 33.9 Å². The third-order valence-corrected chi connectivity index (χ3v) is 9.10. The average Bonchev–Trinajstić information content (AvgIpc) is 2.91. The lowest BCUT2D eigenvalue weighted by Crippen LogP contribution is -2.41. The summed E-state index contributed by atoms with van der Waals surface area (Å²) in [6.45, 7) is 12.8. The molecule has 17 heavy (non-hydrogen) atoms. The fourth-order valence-corrected chi connectivity index (χ4v) is 3.11. The number of aliphatic hydroxyl groups is 1. The molecule has 0 unspecified atom stereocenters. The molecular formula is C14H30O2Si. The molecule has 0 spiro atoms. The van der Waals surface area contributed by atoms with Crippen LogP contribution in [-0.4, -0.2) is 26.6 Å². The molecule has 0 radical (unpaired) electrons. The first kappa shape index (κ1) is 15.2. The van der Waals surface area contributed by atoms with E-state index in [0.717, 1.165) is 24.9 Å². The number of aliphatic hydroxyl groups excluding tert-OH is 1. The molecule has 1 saturated carbocycles. The van der Waals surface area contributed by atoms with Gasteiger partial charge in [0, 0.05) is 13.2 Å². The van der Waals surface area contributed by atoms with Gasteiger partial charge in [-0.25, -0.2) is 0 Å². The SMILES string of the molecule is CC(C)(C)[Si](C)(C)OCC[C@H]1C[C@@H]1CCCO. The molecule has 1 fully saturated rings. The van der Waals surface area contributed by atoms with E-state index in [0.29, 0.717) is 11.6 Å². The summed E-state index contributed by atoms with van der Waals surface area (Å²) in [6.07, 6.45) is 4.77. The number of hydrogen-bond acceptors (Lipinski definition) is 2. The Morgan fingerprint density at radius 2 is 1.76 bits per heavy atom. The molecule has 0 amide bonds. The molecule has 0 aromatic rings. The van der Waals surface area contributed by atoms with Crippen LogP contribution in [0.5, 0.6) is 0 Å². The van der Waals surface area contributed by atoms with Gasteiger partial charge in [-0.15, -0.1) is 0 Å². The Bertz CT molecular complexity index is 233. The van der Waals surface area contributed by atoms with E-state index in [1.54, 1.807) is 0 Å². The standard InChI is InChI=1S/C14H30O2Si/c1-14(2,3)17(4,5)16-10-8-13-11-12(13)7-6-9-15/h12-13,15H,6-11H2,1-5H3/t12-,13-/m0/s1. The second kappa shape index (κ2) is 5.85. The summed E-state index contributed by atoms with van der Waals surface area (Å²) in [5.74, 6) is 1.76. The Kier molecular flexibility index (Phi) is 5.23. The Morgan fingerprint density at radius 3 is 2.29 bits per heavy atom. The van der Waals surface area contributed by atoms with Gasteiger partial charge < -0.3 is 9.53 Å². The molecule has 1 N–H and O–H groups in total. The van der Waals surface area contributed by atoms with Crippen molar-refractivity contribution in [1.82, 2.24) is 0 Å². The van der Waals surface area contributed by atoms with Crippen LogP contribution < -0.4 is 0 Å². The second-order valence-electron chi connectivity index (χ2n) is 7.02. The van der Waals surface area contributed by atoms with E-state index in [9.17, 15) is 0 Å². The van der Waals surface area contributed by atoms with Crippen LogP contribution in [-0.2, 0) is 4.43 Å². The molecule has 0 bridgehead atoms. The lowest BCUT2D eigenvalue weighted by molar-refractivity contribution is 0.266. The minimum Gasteiger partial charge on any atom is -0.417 e. The quantitative estimate of drug-likeness (QED) is 0.704. The van der Waals surface area contributed by atoms with Crippen LogP contribution in [0, 0.1) is 11.8 Å². The van der Waals surface area contributed by atoms with Gasteiger partial charge in [0.1, 0.15) is 0 Å². The van der Waals surface area contributed by atoms with E-state index >= 15 is 0 Å². The van der Waals surface area contributed by atoms with E-state index in [4.69, 9.17) is 9.53 Å². The predicted molar refractivity (Wildman–Crippen MR) is 75.7 cm³/mol. The van der Waals surface area contributed by atoms with Gasteiger partial charge in [-0.1, -0.05) is 20.8 Å². The summed E-state index contributed by atoms with van der Waals surface area (Å²) >= 11 is 0. The van der Waals surface area contributed by atoms with Crippen LogP contribution in [0.25, 0.3) is 0 Å². The average molecular weight is 258 g/mol. The van der Waals surface area contributed by atoms with Crippen molar-refractivity contribution in [3.63, 3.8) is 0 Å². The highest BCUT2D eigenvalue weighted by atomic mass is 28.4. The lowest BCUT2D eigenvalue weighted by Gasteiger charge is -2.36. The molecule has 1 rings (SSSR count). The molecule has 2 nitrogen and oxygen atoms in total. The van der Waals surface area contributed by atoms with Gasteiger partial charge in [0.2, 0.25) is 0 Å². The molecule has 0 saturated heterocycles. The summed E-state index contributed by atoms with van der Waals surface area (Å²) in [6, 6.07) is 0. The van der Waals surface area contributed by atoms with E-state index in [1.807, 2.05) is 0 Å². The van der Waals surface area contributed by atoms with E-state index in [-0.39, 0.29) is 0 Å². The van der Waals surface area contributed by atoms with Crippen LogP contribution in [0.2, 0.25) is 18.1 Å². The van der Waals surface area contributed by atoms with Crippen molar-refractivity contribution in [2.45, 2.75) is 64.6 Å². The van der Waals surface area contributed by atoms with Crippen molar-refractivity contribution in [3.05, 3.63) is 0 Å². The van der Waals surface area contributed by atoms with Gasteiger partial charge in [0.25, 0.3) is 0 Å². The third-order valence-electron chi connectivity index (χ3n) is 4.56. The summed E-state index contributed by atoms with van der Waals surface area (Å²) < 4.78 is 6.19. The first-order chi connectivity index (χ1) is 7.78. The number of hydrogen-bond donors (Lipinski definition) is 1. The topological polar surface area (TPSA) is 29.5 Å². The summed E-state index contributed by atoms with van der Waals surface area (Å²) in [5, 5.41) is 9.11. The highest BCUT2D eigenvalue weighted by Gasteiger charge is 2.39. The van der Waals surface area contributed by atoms with Crippen molar-refractivity contribution in [2.24, 2.45) is 11.8 Å². The van der Waals surface area contributed by atoms with Gasteiger partial charge in [0.05, 0.1) is 0 Å². The van der Waals surface area contributed by atoms with Crippen molar-refractivity contribution >= 4 is 8.32 Å². The van der Waals surface area contributed by atoms with Gasteiger partial charge in [0.15, 0.2) is 8.32 Å². The normalized spacial score (nSPS) is 25.1. The Balaban J connectivity index is 2.13. The Morgan fingerprint density at radius 1 is 1.18 bits per heavy atom. The summed E-state index contributed by atoms with van der Waals surface area (Å²) in [5.41, 5.74) is 0. The second-order valence-corrected chi connectivity index (χ2v) is 11.8. The maximum Gasteiger partial charge on any atom is 0.191 e. The highest BCUT2D eigenvalue weighted by Crippen LogP contribution is 2.45. The van der Waals surface area contributed by atoms with Crippen molar-refractivity contribution in [1.29, 1.82) is 0 Å². The smallest absolute Gasteiger partial charge is 0.191 e. The minimum absolute atomic E-state index is 0.326. The monoisotopic (exact) mass is 258 g/mol. The van der Waals surface area contributed by atoms with Crippen LogP contribution in [0.1, 0.15) is 46.5 Å². The molecule has 0 aromatic carbocycles. The molecule has 0 aliphatic heterocycles. The fourth-order valence-electron chi connectivity index (χ4n) is 2.05. The van der Waals surface area contributed by atoms with Crippen LogP contribution in [0.15, 0.2) is 0 Å². The van der Waals surface area contributed by atoms with Crippen LogP contribution in [0.3, 0.4) is 0 Å². The first-order valence-electron chi connectivity index (χ1n) is 7.03. The molecule has 0 aromatic heterocycles. The summed E-state index contributed by atoms with van der Waals surface area (Å²) in [7, 11) is -1.53. The molecule has 2 atom stereocenters. The third kappa shape index (κ3) is 4.72. The molecule has 1 aliphatic carbocycles. The molecular weight excluding hydrogens is 228 g/mol. The lowest BCUT2D eigenvalue weighted by atomic mass is 10.1. The van der Waals surface area contributed by atoms with Crippen LogP contribution >= 0.6 is 0 Å². The Labute approximate surface area is 108 Å². The van der Waals surface area contributed by atoms with E-state index < -0.39 is 8.32 Å². The van der Waals surface area contributed by atoms with Crippen molar-refractivity contribution in [3.8, 4) is 0 Å². The zero-order chi connectivity index (χ0) is 13.1. The van der Waals surface area contributed by atoms with Crippen molar-refractivity contribution in [2.75, 3.05) is 13.2 Å². The first-order valence-corrected chi connectivity index (χ1v) is 9.93. The summed E-state index contributed by atoms with van der Waals surface area (Å²) in [4.78, 5) is 0.